The molecule has 0 saturated carbocycles. The number of benzene rings is 2. The Hall–Kier alpha value is -1.54. The minimum absolute atomic E-state index is 0.815. The van der Waals surface area contributed by atoms with Gasteiger partial charge in [-0.25, -0.2) is 0 Å². The van der Waals surface area contributed by atoms with Crippen molar-refractivity contribution >= 4 is 16.5 Å². The third-order valence-corrected chi connectivity index (χ3v) is 4.21. The summed E-state index contributed by atoms with van der Waals surface area (Å²) in [5.41, 5.74) is 1.28. The lowest BCUT2D eigenvalue weighted by Gasteiger charge is -2.29. The highest BCUT2D eigenvalue weighted by atomic mass is 15.1. The summed E-state index contributed by atoms with van der Waals surface area (Å²) in [6, 6.07) is 15.1. The van der Waals surface area contributed by atoms with E-state index in [-0.39, 0.29) is 0 Å². The first-order valence-corrected chi connectivity index (χ1v) is 7.23. The Balaban J connectivity index is 1.68. The molecule has 0 bridgehead atoms. The zero-order valence-corrected chi connectivity index (χ0v) is 11.6. The number of nitrogens with one attached hydrogen (secondary N) is 1. The lowest BCUT2D eigenvalue weighted by atomic mass is 9.97. The number of nitrogens with zero attached hydrogens (tertiary/aromatic N) is 1. The maximum atomic E-state index is 3.65. The zero-order valence-electron chi connectivity index (χ0n) is 11.6. The van der Waals surface area contributed by atoms with Gasteiger partial charge in [-0.1, -0.05) is 36.4 Å². The van der Waals surface area contributed by atoms with E-state index in [2.05, 4.69) is 59.7 Å². The fraction of sp³-hybridized carbons (Fsp3) is 0.412. The maximum Gasteiger partial charge on any atom is 0.0419 e. The van der Waals surface area contributed by atoms with Crippen LogP contribution in [0, 0.1) is 5.92 Å². The molecule has 0 aromatic heterocycles. The van der Waals surface area contributed by atoms with Gasteiger partial charge in [0.2, 0.25) is 0 Å². The topological polar surface area (TPSA) is 15.3 Å². The normalized spacial score (nSPS) is 17.7. The molecule has 0 amide bonds. The molecular formula is C17H22N2. The minimum Gasteiger partial charge on any atom is -0.384 e. The van der Waals surface area contributed by atoms with Crippen molar-refractivity contribution in [3.8, 4) is 0 Å². The summed E-state index contributed by atoms with van der Waals surface area (Å²) in [5.74, 6) is 0.815. The van der Waals surface area contributed by atoms with Crippen molar-refractivity contribution in [1.82, 2.24) is 4.90 Å². The molecule has 1 N–H and O–H groups in total. The SMILES string of the molecule is CN1CCC(CNc2cccc3ccccc23)CC1. The summed E-state index contributed by atoms with van der Waals surface area (Å²) in [7, 11) is 2.22. The molecule has 0 aliphatic carbocycles. The van der Waals surface area contributed by atoms with Gasteiger partial charge in [-0.15, -0.1) is 0 Å². The van der Waals surface area contributed by atoms with Gasteiger partial charge < -0.3 is 10.2 Å². The second kappa shape index (κ2) is 5.62. The Labute approximate surface area is 115 Å². The van der Waals surface area contributed by atoms with E-state index >= 15 is 0 Å². The van der Waals surface area contributed by atoms with Crippen LogP contribution in [0.2, 0.25) is 0 Å². The number of piperidine rings is 1. The van der Waals surface area contributed by atoms with Crippen LogP contribution >= 0.6 is 0 Å². The summed E-state index contributed by atoms with van der Waals surface area (Å²) in [5, 5.41) is 6.30. The van der Waals surface area contributed by atoms with Crippen molar-refractivity contribution in [1.29, 1.82) is 0 Å². The van der Waals surface area contributed by atoms with Crippen LogP contribution in [0.15, 0.2) is 42.5 Å². The molecule has 3 rings (SSSR count). The van der Waals surface area contributed by atoms with E-state index in [9.17, 15) is 0 Å². The molecule has 2 nitrogen and oxygen atoms in total. The second-order valence-corrected chi connectivity index (χ2v) is 5.65. The predicted molar refractivity (Wildman–Crippen MR) is 82.7 cm³/mol. The van der Waals surface area contributed by atoms with E-state index in [0.717, 1.165) is 12.5 Å². The van der Waals surface area contributed by atoms with Crippen LogP contribution < -0.4 is 5.32 Å². The first-order chi connectivity index (χ1) is 9.33. The first-order valence-electron chi connectivity index (χ1n) is 7.23. The minimum atomic E-state index is 0.815. The fourth-order valence-corrected chi connectivity index (χ4v) is 2.90. The zero-order chi connectivity index (χ0) is 13.1. The van der Waals surface area contributed by atoms with Crippen molar-refractivity contribution in [3.63, 3.8) is 0 Å². The van der Waals surface area contributed by atoms with Gasteiger partial charge in [-0.3, -0.25) is 0 Å². The second-order valence-electron chi connectivity index (χ2n) is 5.65. The van der Waals surface area contributed by atoms with E-state index in [1.54, 1.807) is 0 Å². The standard InChI is InChI=1S/C17H22N2/c1-19-11-9-14(10-12-19)13-18-17-8-4-6-15-5-2-3-7-16(15)17/h2-8,14,18H,9-13H2,1H3. The van der Waals surface area contributed by atoms with Crippen molar-refractivity contribution in [3.05, 3.63) is 42.5 Å². The average Bonchev–Trinajstić information content (AvgIpc) is 2.47. The predicted octanol–water partition coefficient (Wildman–Crippen LogP) is 3.59. The van der Waals surface area contributed by atoms with Crippen LogP contribution in [0.4, 0.5) is 5.69 Å². The lowest BCUT2D eigenvalue weighted by molar-refractivity contribution is 0.226. The Bertz CT molecular complexity index is 536. The van der Waals surface area contributed by atoms with Crippen LogP contribution in [0.5, 0.6) is 0 Å². The molecule has 1 fully saturated rings. The van der Waals surface area contributed by atoms with E-state index in [1.165, 1.54) is 42.4 Å². The van der Waals surface area contributed by atoms with E-state index in [4.69, 9.17) is 0 Å². The van der Waals surface area contributed by atoms with Crippen LogP contribution in [0.1, 0.15) is 12.8 Å². The number of hydrogen-bond donors (Lipinski definition) is 1. The molecule has 0 unspecified atom stereocenters. The number of rotatable bonds is 3. The van der Waals surface area contributed by atoms with Gasteiger partial charge in [0.1, 0.15) is 0 Å². The molecule has 2 heteroatoms. The maximum absolute atomic E-state index is 3.65. The van der Waals surface area contributed by atoms with E-state index in [1.807, 2.05) is 0 Å². The van der Waals surface area contributed by atoms with E-state index in [0.29, 0.717) is 0 Å². The largest absolute Gasteiger partial charge is 0.384 e. The molecule has 2 aromatic carbocycles. The van der Waals surface area contributed by atoms with Crippen molar-refractivity contribution in [2.45, 2.75) is 12.8 Å². The third-order valence-electron chi connectivity index (χ3n) is 4.21. The molecule has 0 spiro atoms. The Morgan fingerprint density at radius 1 is 1.05 bits per heavy atom. The summed E-state index contributed by atoms with van der Waals surface area (Å²) in [6.07, 6.45) is 2.63. The molecule has 0 atom stereocenters. The fourth-order valence-electron chi connectivity index (χ4n) is 2.90. The summed E-state index contributed by atoms with van der Waals surface area (Å²) < 4.78 is 0. The molecule has 0 radical (unpaired) electrons. The monoisotopic (exact) mass is 254 g/mol. The summed E-state index contributed by atoms with van der Waals surface area (Å²) in [6.45, 7) is 3.58. The van der Waals surface area contributed by atoms with Gasteiger partial charge in [-0.2, -0.15) is 0 Å². The van der Waals surface area contributed by atoms with Crippen LogP contribution in [0.25, 0.3) is 10.8 Å². The number of hydrogen-bond acceptors (Lipinski definition) is 2. The van der Waals surface area contributed by atoms with Crippen molar-refractivity contribution in [2.24, 2.45) is 5.92 Å². The molecule has 1 aliphatic heterocycles. The van der Waals surface area contributed by atoms with Gasteiger partial charge in [-0.05, 0) is 50.3 Å². The van der Waals surface area contributed by atoms with Gasteiger partial charge in [0, 0.05) is 17.6 Å². The Morgan fingerprint density at radius 2 is 1.79 bits per heavy atom. The molecule has 100 valence electrons. The Morgan fingerprint density at radius 3 is 2.63 bits per heavy atom. The molecule has 1 aliphatic rings. The quantitative estimate of drug-likeness (QED) is 0.900. The average molecular weight is 254 g/mol. The van der Waals surface area contributed by atoms with Crippen molar-refractivity contribution < 1.29 is 0 Å². The lowest BCUT2D eigenvalue weighted by Crippen LogP contribution is -2.32. The van der Waals surface area contributed by atoms with Gasteiger partial charge in [0.05, 0.1) is 0 Å². The van der Waals surface area contributed by atoms with Gasteiger partial charge in [0.15, 0.2) is 0 Å². The van der Waals surface area contributed by atoms with Crippen LogP contribution in [-0.4, -0.2) is 31.6 Å². The smallest absolute Gasteiger partial charge is 0.0419 e. The molecular weight excluding hydrogens is 232 g/mol. The number of likely N-dealkylation sites (tertiary alicyclic amines) is 1. The highest BCUT2D eigenvalue weighted by molar-refractivity contribution is 5.93. The van der Waals surface area contributed by atoms with Crippen LogP contribution in [-0.2, 0) is 0 Å². The van der Waals surface area contributed by atoms with Gasteiger partial charge in [0.25, 0.3) is 0 Å². The van der Waals surface area contributed by atoms with E-state index < -0.39 is 0 Å². The number of anilines is 1. The summed E-state index contributed by atoms with van der Waals surface area (Å²) in [4.78, 5) is 2.43. The highest BCUT2D eigenvalue weighted by Crippen LogP contribution is 2.24. The van der Waals surface area contributed by atoms with Crippen molar-refractivity contribution in [2.75, 3.05) is 32.0 Å². The third kappa shape index (κ3) is 2.90. The van der Waals surface area contributed by atoms with Gasteiger partial charge >= 0.3 is 0 Å². The van der Waals surface area contributed by atoms with Crippen LogP contribution in [0.3, 0.4) is 0 Å². The Kier molecular flexibility index (Phi) is 3.69. The first kappa shape index (κ1) is 12.5. The highest BCUT2D eigenvalue weighted by Gasteiger charge is 2.16. The number of fused-ring (bicyclic) bond motifs is 1. The molecule has 1 heterocycles. The summed E-state index contributed by atoms with van der Waals surface area (Å²) >= 11 is 0. The molecule has 19 heavy (non-hydrogen) atoms. The molecule has 1 saturated heterocycles. The molecule has 2 aromatic rings.